The second kappa shape index (κ2) is 7.82. The van der Waals surface area contributed by atoms with Gasteiger partial charge in [0, 0.05) is 0 Å². The van der Waals surface area contributed by atoms with Gasteiger partial charge in [0.25, 0.3) is 5.91 Å². The Balaban J connectivity index is 1.62. The van der Waals surface area contributed by atoms with Crippen LogP contribution in [0.3, 0.4) is 0 Å². The van der Waals surface area contributed by atoms with Crippen molar-refractivity contribution < 1.29 is 19.1 Å². The Kier molecular flexibility index (Phi) is 5.81. The number of carbonyl (C=O) groups excluding carboxylic acids is 2. The van der Waals surface area contributed by atoms with Gasteiger partial charge in [0.05, 0.1) is 6.10 Å². The van der Waals surface area contributed by atoms with Crippen molar-refractivity contribution in [2.24, 2.45) is 0 Å². The van der Waals surface area contributed by atoms with Crippen LogP contribution >= 0.6 is 0 Å². The SMILES string of the molecule is CC(C)Oc1ccc(CCCCC[C@H]2OC(=O)NC2=O)cc1. The zero-order chi connectivity index (χ0) is 15.9. The molecule has 1 atom stereocenters. The maximum atomic E-state index is 11.3. The smallest absolute Gasteiger partial charge is 0.414 e. The zero-order valence-corrected chi connectivity index (χ0v) is 13.1. The summed E-state index contributed by atoms with van der Waals surface area (Å²) in [6.07, 6.45) is 3.49. The Morgan fingerprint density at radius 1 is 1.14 bits per heavy atom. The van der Waals surface area contributed by atoms with E-state index < -0.39 is 12.2 Å². The molecule has 2 rings (SSSR count). The average Bonchev–Trinajstić information content (AvgIpc) is 2.78. The molecule has 1 aliphatic rings. The van der Waals surface area contributed by atoms with Crippen molar-refractivity contribution >= 4 is 12.0 Å². The molecule has 0 aromatic heterocycles. The summed E-state index contributed by atoms with van der Waals surface area (Å²) in [6.45, 7) is 4.02. The molecule has 0 radical (unpaired) electrons. The number of amides is 2. The number of carbonyl (C=O) groups is 2. The van der Waals surface area contributed by atoms with Gasteiger partial charge in [-0.15, -0.1) is 0 Å². The molecule has 5 heteroatoms. The number of imide groups is 1. The number of cyclic esters (lactones) is 1. The fraction of sp³-hybridized carbons (Fsp3) is 0.529. The summed E-state index contributed by atoms with van der Waals surface area (Å²) in [7, 11) is 0. The van der Waals surface area contributed by atoms with Gasteiger partial charge in [-0.1, -0.05) is 18.6 Å². The van der Waals surface area contributed by atoms with Gasteiger partial charge in [-0.05, 0) is 57.2 Å². The first kappa shape index (κ1) is 16.3. The molecule has 120 valence electrons. The van der Waals surface area contributed by atoms with Gasteiger partial charge in [0.1, 0.15) is 5.75 Å². The van der Waals surface area contributed by atoms with Gasteiger partial charge in [-0.3, -0.25) is 10.1 Å². The number of hydrogen-bond donors (Lipinski definition) is 1. The molecular formula is C17H23NO4. The standard InChI is InChI=1S/C17H23NO4/c1-12(2)21-14-10-8-13(9-11-14)6-4-3-5-7-15-16(19)18-17(20)22-15/h8-12,15H,3-7H2,1-2H3,(H,18,19,20)/t15-/m1/s1. The lowest BCUT2D eigenvalue weighted by molar-refractivity contribution is -0.123. The van der Waals surface area contributed by atoms with Crippen LogP contribution in [0.25, 0.3) is 0 Å². The first-order chi connectivity index (χ1) is 10.5. The summed E-state index contributed by atoms with van der Waals surface area (Å²) < 4.78 is 10.5. The Labute approximate surface area is 131 Å². The minimum atomic E-state index is -0.626. The summed E-state index contributed by atoms with van der Waals surface area (Å²) in [6, 6.07) is 8.17. The highest BCUT2D eigenvalue weighted by molar-refractivity contribution is 5.99. The van der Waals surface area contributed by atoms with Crippen molar-refractivity contribution in [3.8, 4) is 5.75 Å². The molecule has 0 unspecified atom stereocenters. The second-order valence-electron chi connectivity index (χ2n) is 5.79. The predicted molar refractivity (Wildman–Crippen MR) is 82.8 cm³/mol. The van der Waals surface area contributed by atoms with E-state index >= 15 is 0 Å². The predicted octanol–water partition coefficient (Wildman–Crippen LogP) is 3.21. The molecule has 1 saturated heterocycles. The fourth-order valence-corrected chi connectivity index (χ4v) is 2.43. The van der Waals surface area contributed by atoms with E-state index in [-0.39, 0.29) is 12.0 Å². The molecule has 0 saturated carbocycles. The number of hydrogen-bond acceptors (Lipinski definition) is 4. The molecule has 1 aliphatic heterocycles. The first-order valence-corrected chi connectivity index (χ1v) is 7.81. The van der Waals surface area contributed by atoms with Crippen LogP contribution in [0.1, 0.15) is 45.1 Å². The van der Waals surface area contributed by atoms with Crippen LogP contribution in [0.5, 0.6) is 5.75 Å². The van der Waals surface area contributed by atoms with Crippen molar-refractivity contribution in [2.75, 3.05) is 0 Å². The molecule has 1 heterocycles. The topological polar surface area (TPSA) is 64.6 Å². The molecule has 1 N–H and O–H groups in total. The van der Waals surface area contributed by atoms with Crippen LogP contribution in [0.15, 0.2) is 24.3 Å². The molecule has 0 spiro atoms. The van der Waals surface area contributed by atoms with Crippen LogP contribution in [-0.4, -0.2) is 24.2 Å². The van der Waals surface area contributed by atoms with Gasteiger partial charge in [-0.25, -0.2) is 4.79 Å². The van der Waals surface area contributed by atoms with Gasteiger partial charge in [-0.2, -0.15) is 0 Å². The van der Waals surface area contributed by atoms with Crippen molar-refractivity contribution in [3.63, 3.8) is 0 Å². The van der Waals surface area contributed by atoms with Crippen LogP contribution < -0.4 is 10.1 Å². The van der Waals surface area contributed by atoms with Crippen molar-refractivity contribution in [2.45, 2.75) is 58.2 Å². The van der Waals surface area contributed by atoms with E-state index in [0.29, 0.717) is 6.42 Å². The summed E-state index contributed by atoms with van der Waals surface area (Å²) in [4.78, 5) is 22.2. The Morgan fingerprint density at radius 2 is 1.86 bits per heavy atom. The number of unbranched alkanes of at least 4 members (excludes halogenated alkanes) is 2. The number of rotatable bonds is 8. The van der Waals surface area contributed by atoms with Crippen molar-refractivity contribution in [1.82, 2.24) is 5.32 Å². The van der Waals surface area contributed by atoms with Gasteiger partial charge < -0.3 is 9.47 Å². The highest BCUT2D eigenvalue weighted by atomic mass is 16.6. The maximum absolute atomic E-state index is 11.3. The van der Waals surface area contributed by atoms with Gasteiger partial charge >= 0.3 is 6.09 Å². The molecular weight excluding hydrogens is 282 g/mol. The summed E-state index contributed by atoms with van der Waals surface area (Å²) >= 11 is 0. The Bertz CT molecular complexity index is 510. The molecule has 5 nitrogen and oxygen atoms in total. The second-order valence-corrected chi connectivity index (χ2v) is 5.79. The van der Waals surface area contributed by atoms with Crippen LogP contribution in [-0.2, 0) is 16.0 Å². The highest BCUT2D eigenvalue weighted by Crippen LogP contribution is 2.17. The summed E-state index contributed by atoms with van der Waals surface area (Å²) in [5, 5.41) is 2.14. The zero-order valence-electron chi connectivity index (χ0n) is 13.1. The monoisotopic (exact) mass is 305 g/mol. The minimum Gasteiger partial charge on any atom is -0.491 e. The van der Waals surface area contributed by atoms with Gasteiger partial charge in [0.2, 0.25) is 0 Å². The van der Waals surface area contributed by atoms with Gasteiger partial charge in [0.15, 0.2) is 6.10 Å². The lowest BCUT2D eigenvalue weighted by Crippen LogP contribution is -2.24. The van der Waals surface area contributed by atoms with E-state index in [2.05, 4.69) is 17.4 Å². The van der Waals surface area contributed by atoms with Crippen LogP contribution in [0.4, 0.5) is 4.79 Å². The maximum Gasteiger partial charge on any atom is 0.414 e. The first-order valence-electron chi connectivity index (χ1n) is 7.81. The normalized spacial score (nSPS) is 17.5. The fourth-order valence-electron chi connectivity index (χ4n) is 2.43. The molecule has 0 aliphatic carbocycles. The molecule has 0 bridgehead atoms. The summed E-state index contributed by atoms with van der Waals surface area (Å²) in [5.74, 6) is 0.582. The minimum absolute atomic E-state index is 0.188. The van der Waals surface area contributed by atoms with Crippen molar-refractivity contribution in [1.29, 1.82) is 0 Å². The van der Waals surface area contributed by atoms with Crippen LogP contribution in [0, 0.1) is 0 Å². The number of alkyl carbamates (subject to hydrolysis) is 1. The van der Waals surface area contributed by atoms with E-state index in [1.54, 1.807) is 0 Å². The molecule has 22 heavy (non-hydrogen) atoms. The number of benzene rings is 1. The van der Waals surface area contributed by atoms with E-state index in [0.717, 1.165) is 31.4 Å². The lowest BCUT2D eigenvalue weighted by atomic mass is 10.0. The number of aryl methyl sites for hydroxylation is 1. The lowest BCUT2D eigenvalue weighted by Gasteiger charge is -2.10. The third-order valence-electron chi connectivity index (χ3n) is 3.49. The largest absolute Gasteiger partial charge is 0.491 e. The molecule has 1 aromatic carbocycles. The molecule has 1 aromatic rings. The molecule has 1 fully saturated rings. The number of ether oxygens (including phenoxy) is 2. The third-order valence-corrected chi connectivity index (χ3v) is 3.49. The van der Waals surface area contributed by atoms with Crippen LogP contribution in [0.2, 0.25) is 0 Å². The van der Waals surface area contributed by atoms with E-state index in [4.69, 9.17) is 9.47 Å². The quantitative estimate of drug-likeness (QED) is 0.749. The third kappa shape index (κ3) is 5.06. The summed E-state index contributed by atoms with van der Waals surface area (Å²) in [5.41, 5.74) is 1.28. The average molecular weight is 305 g/mol. The van der Waals surface area contributed by atoms with E-state index in [9.17, 15) is 9.59 Å². The van der Waals surface area contributed by atoms with Crippen molar-refractivity contribution in [3.05, 3.63) is 29.8 Å². The number of nitrogens with one attached hydrogen (secondary N) is 1. The Morgan fingerprint density at radius 3 is 2.45 bits per heavy atom. The van der Waals surface area contributed by atoms with E-state index in [1.165, 1.54) is 5.56 Å². The molecule has 2 amide bonds. The Hall–Kier alpha value is -2.04. The highest BCUT2D eigenvalue weighted by Gasteiger charge is 2.31. The van der Waals surface area contributed by atoms with E-state index in [1.807, 2.05) is 26.0 Å².